The molecule has 2 amide bonds. The maximum Gasteiger partial charge on any atom is 0.416 e. The van der Waals surface area contributed by atoms with Crippen molar-refractivity contribution in [3.05, 3.63) is 80.0 Å². The van der Waals surface area contributed by atoms with Crippen molar-refractivity contribution < 1.29 is 27.2 Å². The second kappa shape index (κ2) is 7.80. The van der Waals surface area contributed by atoms with Crippen molar-refractivity contribution in [3.63, 3.8) is 0 Å². The van der Waals surface area contributed by atoms with E-state index in [9.17, 15) is 31.9 Å². The molecule has 3 aromatic rings. The van der Waals surface area contributed by atoms with E-state index < -0.39 is 35.4 Å². The summed E-state index contributed by atoms with van der Waals surface area (Å²) in [6.45, 7) is 0. The summed E-state index contributed by atoms with van der Waals surface area (Å²) in [5.41, 5.74) is -0.142. The standard InChI is InChI=1S/C26H18F4N2O3S2/c27-12-6-4-10(5-7-12)16-17-14-9-15(20(17)36-22-21(16)37-25(35)31-22)19-18(14)23(33)32(24(19)34)13-3-1-2-11(8-13)26(28,29)30/h1-8,14-20H,9H2,(H,31,35)/t14-,15-,16-,17-,18-,19-,20+/m0/s1. The number of imide groups is 1. The number of nitrogens with zero attached hydrogens (tertiary/aromatic N) is 1. The molecule has 2 aliphatic carbocycles. The molecule has 4 aliphatic rings. The molecule has 3 heterocycles. The van der Waals surface area contributed by atoms with Gasteiger partial charge in [-0.1, -0.05) is 29.5 Å². The van der Waals surface area contributed by atoms with Gasteiger partial charge in [-0.15, -0.1) is 11.8 Å². The zero-order valence-corrected chi connectivity index (χ0v) is 20.5. The lowest BCUT2D eigenvalue weighted by molar-refractivity contribution is -0.137. The Morgan fingerprint density at radius 1 is 0.946 bits per heavy atom. The fourth-order valence-electron chi connectivity index (χ4n) is 7.14. The van der Waals surface area contributed by atoms with Crippen LogP contribution in [0.4, 0.5) is 23.2 Å². The number of aromatic amines is 1. The summed E-state index contributed by atoms with van der Waals surface area (Å²) in [5.74, 6) is -3.19. The number of hydrogen-bond donors (Lipinski definition) is 1. The second-order valence-corrected chi connectivity index (χ2v) is 12.3. The number of aromatic nitrogens is 1. The molecular formula is C26H18F4N2O3S2. The summed E-state index contributed by atoms with van der Waals surface area (Å²) < 4.78 is 53.7. The van der Waals surface area contributed by atoms with Gasteiger partial charge in [0.2, 0.25) is 11.8 Å². The summed E-state index contributed by atoms with van der Waals surface area (Å²) in [7, 11) is 0. The molecule has 7 atom stereocenters. The maximum atomic E-state index is 13.7. The van der Waals surface area contributed by atoms with E-state index >= 15 is 0 Å². The van der Waals surface area contributed by atoms with E-state index in [-0.39, 0.29) is 45.3 Å². The van der Waals surface area contributed by atoms with Gasteiger partial charge in [-0.2, -0.15) is 13.2 Å². The van der Waals surface area contributed by atoms with Crippen LogP contribution >= 0.6 is 23.1 Å². The molecule has 37 heavy (non-hydrogen) atoms. The number of nitrogens with one attached hydrogen (secondary N) is 1. The van der Waals surface area contributed by atoms with E-state index in [1.165, 1.54) is 36.0 Å². The first-order valence-electron chi connectivity index (χ1n) is 11.8. The third-order valence-corrected chi connectivity index (χ3v) is 11.0. The van der Waals surface area contributed by atoms with Gasteiger partial charge in [0.25, 0.3) is 0 Å². The van der Waals surface area contributed by atoms with Crippen LogP contribution in [0.1, 0.15) is 28.3 Å². The molecule has 7 rings (SSSR count). The molecule has 0 spiro atoms. The van der Waals surface area contributed by atoms with Crippen LogP contribution in [-0.2, 0) is 15.8 Å². The van der Waals surface area contributed by atoms with Crippen molar-refractivity contribution in [3.8, 4) is 0 Å². The first-order chi connectivity index (χ1) is 17.6. The Hall–Kier alpha value is -2.92. The Labute approximate surface area is 215 Å². The first kappa shape index (κ1) is 23.2. The number of hydrogen-bond acceptors (Lipinski definition) is 5. The molecule has 5 nitrogen and oxygen atoms in total. The number of carbonyl (C=O) groups excluding carboxylic acids is 2. The number of benzene rings is 2. The molecule has 2 aromatic carbocycles. The minimum absolute atomic E-state index is 0.0581. The van der Waals surface area contributed by atoms with Gasteiger partial charge in [-0.05, 0) is 60.1 Å². The van der Waals surface area contributed by atoms with Gasteiger partial charge in [0, 0.05) is 16.0 Å². The number of anilines is 1. The van der Waals surface area contributed by atoms with Gasteiger partial charge in [-0.25, -0.2) is 4.39 Å². The highest BCUT2D eigenvalue weighted by Gasteiger charge is 2.69. The number of thioether (sulfide) groups is 1. The van der Waals surface area contributed by atoms with Gasteiger partial charge in [0.05, 0.1) is 28.1 Å². The van der Waals surface area contributed by atoms with Crippen molar-refractivity contribution in [1.29, 1.82) is 0 Å². The Kier molecular flexibility index (Phi) is 4.89. The molecule has 2 aliphatic heterocycles. The third kappa shape index (κ3) is 3.26. The zero-order valence-electron chi connectivity index (χ0n) is 18.9. The zero-order chi connectivity index (χ0) is 25.8. The summed E-state index contributed by atoms with van der Waals surface area (Å²) in [6.07, 6.45) is -3.94. The van der Waals surface area contributed by atoms with E-state index in [0.717, 1.165) is 43.8 Å². The minimum atomic E-state index is -4.60. The molecule has 1 N–H and O–H groups in total. The number of fused-ring (bicyclic) bond motifs is 9. The van der Waals surface area contributed by atoms with Crippen molar-refractivity contribution in [2.45, 2.75) is 28.8 Å². The Bertz CT molecular complexity index is 1510. The van der Waals surface area contributed by atoms with Gasteiger partial charge in [-0.3, -0.25) is 19.3 Å². The minimum Gasteiger partial charge on any atom is -0.307 e. The number of H-pyrrole nitrogens is 1. The van der Waals surface area contributed by atoms with Gasteiger partial charge >= 0.3 is 11.0 Å². The normalized spacial score (nSPS) is 32.0. The molecule has 1 saturated heterocycles. The van der Waals surface area contributed by atoms with Crippen LogP contribution in [0.5, 0.6) is 0 Å². The molecule has 0 unspecified atom stereocenters. The van der Waals surface area contributed by atoms with Crippen LogP contribution in [0.2, 0.25) is 0 Å². The number of amides is 2. The predicted octanol–water partition coefficient (Wildman–Crippen LogP) is 5.27. The monoisotopic (exact) mass is 546 g/mol. The fourth-order valence-corrected chi connectivity index (χ4v) is 10.0. The van der Waals surface area contributed by atoms with E-state index in [1.54, 1.807) is 12.1 Å². The summed E-state index contributed by atoms with van der Waals surface area (Å²) >= 11 is 2.63. The smallest absolute Gasteiger partial charge is 0.307 e. The molecule has 3 fully saturated rings. The maximum absolute atomic E-state index is 13.7. The largest absolute Gasteiger partial charge is 0.416 e. The molecule has 0 radical (unpaired) electrons. The lowest BCUT2D eigenvalue weighted by atomic mass is 9.68. The van der Waals surface area contributed by atoms with Crippen molar-refractivity contribution >= 4 is 40.6 Å². The van der Waals surface area contributed by atoms with E-state index in [0.29, 0.717) is 6.42 Å². The van der Waals surface area contributed by atoms with Gasteiger partial charge in [0.1, 0.15) is 5.82 Å². The van der Waals surface area contributed by atoms with Crippen LogP contribution in [-0.4, -0.2) is 22.0 Å². The Morgan fingerprint density at radius 2 is 1.65 bits per heavy atom. The van der Waals surface area contributed by atoms with E-state index in [1.807, 2.05) is 0 Å². The highest BCUT2D eigenvalue weighted by molar-refractivity contribution is 8.00. The topological polar surface area (TPSA) is 70.2 Å². The van der Waals surface area contributed by atoms with Crippen LogP contribution in [0.15, 0.2) is 58.4 Å². The lowest BCUT2D eigenvalue weighted by Crippen LogP contribution is -2.42. The first-order valence-corrected chi connectivity index (χ1v) is 13.5. The van der Waals surface area contributed by atoms with Crippen LogP contribution in [0.3, 0.4) is 0 Å². The van der Waals surface area contributed by atoms with E-state index in [2.05, 4.69) is 4.98 Å². The average molecular weight is 547 g/mol. The Balaban J connectivity index is 1.30. The summed E-state index contributed by atoms with van der Waals surface area (Å²) in [6, 6.07) is 10.5. The second-order valence-electron chi connectivity index (χ2n) is 10.1. The van der Waals surface area contributed by atoms with Crippen molar-refractivity contribution in [2.75, 3.05) is 4.90 Å². The number of alkyl halides is 3. The average Bonchev–Trinajstić information content (AvgIpc) is 3.58. The summed E-state index contributed by atoms with van der Waals surface area (Å²) in [4.78, 5) is 44.0. The number of thiazole rings is 1. The van der Waals surface area contributed by atoms with Gasteiger partial charge < -0.3 is 4.98 Å². The molecule has 11 heteroatoms. The van der Waals surface area contributed by atoms with Crippen LogP contribution in [0.25, 0.3) is 0 Å². The van der Waals surface area contributed by atoms with Crippen molar-refractivity contribution in [1.82, 2.24) is 4.98 Å². The quantitative estimate of drug-likeness (QED) is 0.351. The molecule has 1 aromatic heterocycles. The van der Waals surface area contributed by atoms with Crippen molar-refractivity contribution in [2.24, 2.45) is 29.6 Å². The molecular weight excluding hydrogens is 528 g/mol. The van der Waals surface area contributed by atoms with Crippen LogP contribution in [0, 0.1) is 35.4 Å². The third-order valence-electron chi connectivity index (χ3n) is 8.38. The van der Waals surface area contributed by atoms with Crippen LogP contribution < -0.4 is 9.77 Å². The molecule has 190 valence electrons. The summed E-state index contributed by atoms with van der Waals surface area (Å²) in [5, 5.41) is 0.679. The highest BCUT2D eigenvalue weighted by Crippen LogP contribution is 2.68. The number of carbonyl (C=O) groups is 2. The number of halogens is 4. The predicted molar refractivity (Wildman–Crippen MR) is 129 cm³/mol. The SMILES string of the molecule is O=C1[C@H]2[C@@H]3C[C@H]([C@@H]2C(=O)N1c1cccc(C(F)(F)F)c1)[C@H]1[C@H](c2ccc(F)cc2)c2sc(=O)[nH]c2S[C@H]31. The van der Waals surface area contributed by atoms with E-state index in [4.69, 9.17) is 0 Å². The lowest BCUT2D eigenvalue weighted by Gasteiger charge is -2.43. The molecule has 2 bridgehead atoms. The fraction of sp³-hybridized carbons (Fsp3) is 0.346. The highest BCUT2D eigenvalue weighted by atomic mass is 32.2. The molecule has 2 saturated carbocycles. The number of rotatable bonds is 2. The Morgan fingerprint density at radius 3 is 2.35 bits per heavy atom. The van der Waals surface area contributed by atoms with Gasteiger partial charge in [0.15, 0.2) is 0 Å².